The van der Waals surface area contributed by atoms with Gasteiger partial charge in [-0.3, -0.25) is 4.98 Å². The van der Waals surface area contributed by atoms with Crippen molar-refractivity contribution >= 4 is 10.1 Å². The van der Waals surface area contributed by atoms with Gasteiger partial charge in [0.1, 0.15) is 0 Å². The summed E-state index contributed by atoms with van der Waals surface area (Å²) in [5.74, 6) is -0.350. The summed E-state index contributed by atoms with van der Waals surface area (Å²) in [5, 5.41) is 0. The van der Waals surface area contributed by atoms with Crippen LogP contribution in [-0.4, -0.2) is 23.7 Å². The molecule has 0 aliphatic carbocycles. The summed E-state index contributed by atoms with van der Waals surface area (Å²) in [6.07, 6.45) is 3.38. The van der Waals surface area contributed by atoms with Crippen LogP contribution in [0, 0.1) is 0 Å². The minimum atomic E-state index is -4.09. The number of hydrogen-bond acceptors (Lipinski definition) is 4. The zero-order valence-electron chi connectivity index (χ0n) is 6.30. The smallest absolute Gasteiger partial charge is 0.0949 e. The van der Waals surface area contributed by atoms with E-state index in [0.717, 1.165) is 5.56 Å². The van der Waals surface area contributed by atoms with Crippen LogP contribution in [0.3, 0.4) is 0 Å². The average Bonchev–Trinajstić information content (AvgIpc) is 2.02. The third-order valence-corrected chi connectivity index (χ3v) is 2.09. The highest BCUT2D eigenvalue weighted by Gasteiger charge is 1.96. The fraction of sp³-hybridized carbons (Fsp3) is 0.286. The van der Waals surface area contributed by atoms with Gasteiger partial charge in [0.25, 0.3) is 0 Å². The Morgan fingerprint density at radius 3 is 2.42 bits per heavy atom. The number of pyridine rings is 1. The molecule has 0 saturated heterocycles. The Kier molecular flexibility index (Phi) is 2.78. The average molecular weight is 186 g/mol. The molecular formula is C7H8NO3S-. The predicted molar refractivity (Wildman–Crippen MR) is 42.5 cm³/mol. The van der Waals surface area contributed by atoms with E-state index in [2.05, 4.69) is 4.98 Å². The second-order valence-electron chi connectivity index (χ2n) is 2.37. The van der Waals surface area contributed by atoms with Crippen molar-refractivity contribution in [3.8, 4) is 0 Å². The molecule has 0 unspecified atom stereocenters. The topological polar surface area (TPSA) is 70.1 Å². The second-order valence-corrected chi connectivity index (χ2v) is 3.89. The number of rotatable bonds is 3. The first kappa shape index (κ1) is 9.15. The van der Waals surface area contributed by atoms with E-state index in [4.69, 9.17) is 0 Å². The molecule has 1 aromatic heterocycles. The summed E-state index contributed by atoms with van der Waals surface area (Å²) >= 11 is 0. The molecule has 0 spiro atoms. The van der Waals surface area contributed by atoms with Gasteiger partial charge in [0.2, 0.25) is 0 Å². The van der Waals surface area contributed by atoms with Gasteiger partial charge >= 0.3 is 0 Å². The van der Waals surface area contributed by atoms with Crippen molar-refractivity contribution in [1.82, 2.24) is 4.98 Å². The molecule has 0 saturated carbocycles. The van der Waals surface area contributed by atoms with Crippen LogP contribution in [0.15, 0.2) is 24.5 Å². The number of aryl methyl sites for hydroxylation is 1. The minimum absolute atomic E-state index is 0.258. The quantitative estimate of drug-likeness (QED) is 0.631. The highest BCUT2D eigenvalue weighted by Crippen LogP contribution is 1.98. The maximum absolute atomic E-state index is 10.2. The lowest BCUT2D eigenvalue weighted by Gasteiger charge is -2.05. The van der Waals surface area contributed by atoms with E-state index in [9.17, 15) is 13.0 Å². The van der Waals surface area contributed by atoms with Crippen molar-refractivity contribution in [2.75, 3.05) is 5.75 Å². The van der Waals surface area contributed by atoms with Gasteiger partial charge in [0.15, 0.2) is 0 Å². The summed E-state index contributed by atoms with van der Waals surface area (Å²) in [6, 6.07) is 3.37. The van der Waals surface area contributed by atoms with E-state index in [-0.39, 0.29) is 12.2 Å². The van der Waals surface area contributed by atoms with Crippen molar-refractivity contribution in [2.24, 2.45) is 0 Å². The molecule has 0 N–H and O–H groups in total. The van der Waals surface area contributed by atoms with Gasteiger partial charge in [-0.1, -0.05) is 0 Å². The van der Waals surface area contributed by atoms with Crippen LogP contribution in [0.1, 0.15) is 5.56 Å². The van der Waals surface area contributed by atoms with E-state index in [1.165, 1.54) is 0 Å². The van der Waals surface area contributed by atoms with Crippen molar-refractivity contribution < 1.29 is 13.0 Å². The van der Waals surface area contributed by atoms with Crippen LogP contribution >= 0.6 is 0 Å². The highest BCUT2D eigenvalue weighted by molar-refractivity contribution is 7.85. The van der Waals surface area contributed by atoms with E-state index in [0.29, 0.717) is 0 Å². The Bertz CT molecular complexity index is 333. The van der Waals surface area contributed by atoms with Gasteiger partial charge < -0.3 is 4.55 Å². The fourth-order valence-electron chi connectivity index (χ4n) is 0.792. The maximum Gasteiger partial charge on any atom is 0.0949 e. The summed E-state index contributed by atoms with van der Waals surface area (Å²) in [6.45, 7) is 0. The molecule has 0 atom stereocenters. The second kappa shape index (κ2) is 3.64. The lowest BCUT2D eigenvalue weighted by atomic mass is 10.2. The standard InChI is InChI=1S/C7H9NO3S/c9-12(10,11)6-3-7-1-4-8-5-2-7/h1-2,4-5H,3,6H2,(H,9,10,11)/p-1. The monoisotopic (exact) mass is 186 g/mol. The summed E-state index contributed by atoms with van der Waals surface area (Å²) < 4.78 is 30.7. The molecule has 0 fully saturated rings. The van der Waals surface area contributed by atoms with Crippen LogP contribution in [-0.2, 0) is 16.5 Å². The molecule has 1 rings (SSSR count). The largest absolute Gasteiger partial charge is 0.748 e. The Morgan fingerprint density at radius 2 is 1.92 bits per heavy atom. The van der Waals surface area contributed by atoms with Gasteiger partial charge in [-0.15, -0.1) is 0 Å². The van der Waals surface area contributed by atoms with Crippen molar-refractivity contribution in [2.45, 2.75) is 6.42 Å². The van der Waals surface area contributed by atoms with Gasteiger partial charge in [-0.2, -0.15) is 0 Å². The molecule has 12 heavy (non-hydrogen) atoms. The maximum atomic E-state index is 10.2. The first-order chi connectivity index (χ1) is 5.58. The lowest BCUT2D eigenvalue weighted by molar-refractivity contribution is 0.462. The van der Waals surface area contributed by atoms with Crippen LogP contribution in [0.5, 0.6) is 0 Å². The minimum Gasteiger partial charge on any atom is -0.748 e. The Balaban J connectivity index is 2.56. The molecule has 4 nitrogen and oxygen atoms in total. The van der Waals surface area contributed by atoms with Gasteiger partial charge in [0.05, 0.1) is 10.1 Å². The fourth-order valence-corrected chi connectivity index (χ4v) is 1.28. The first-order valence-electron chi connectivity index (χ1n) is 3.40. The molecule has 0 aromatic carbocycles. The van der Waals surface area contributed by atoms with E-state index in [1.807, 2.05) is 0 Å². The molecule has 5 heteroatoms. The molecular weight excluding hydrogens is 178 g/mol. The Morgan fingerprint density at radius 1 is 1.33 bits per heavy atom. The molecule has 0 aliphatic heterocycles. The Hall–Kier alpha value is -0.940. The van der Waals surface area contributed by atoms with Crippen LogP contribution < -0.4 is 0 Å². The number of aromatic nitrogens is 1. The van der Waals surface area contributed by atoms with Crippen molar-refractivity contribution in [3.05, 3.63) is 30.1 Å². The molecule has 66 valence electrons. The molecule has 0 aliphatic rings. The third kappa shape index (κ3) is 3.45. The van der Waals surface area contributed by atoms with E-state index < -0.39 is 10.1 Å². The van der Waals surface area contributed by atoms with E-state index >= 15 is 0 Å². The number of nitrogens with zero attached hydrogens (tertiary/aromatic N) is 1. The summed E-state index contributed by atoms with van der Waals surface area (Å²) in [4.78, 5) is 3.76. The highest BCUT2D eigenvalue weighted by atomic mass is 32.2. The van der Waals surface area contributed by atoms with Crippen LogP contribution in [0.2, 0.25) is 0 Å². The molecule has 1 heterocycles. The lowest BCUT2D eigenvalue weighted by Crippen LogP contribution is -2.06. The molecule has 0 radical (unpaired) electrons. The summed E-state index contributed by atoms with van der Waals surface area (Å²) in [7, 11) is -4.09. The van der Waals surface area contributed by atoms with Gasteiger partial charge in [0, 0.05) is 18.1 Å². The van der Waals surface area contributed by atoms with Crippen LogP contribution in [0.25, 0.3) is 0 Å². The third-order valence-electron chi connectivity index (χ3n) is 1.39. The van der Waals surface area contributed by atoms with Crippen molar-refractivity contribution in [3.63, 3.8) is 0 Å². The normalized spacial score (nSPS) is 11.4. The van der Waals surface area contributed by atoms with Gasteiger partial charge in [-0.25, -0.2) is 8.42 Å². The number of hydrogen-bond donors (Lipinski definition) is 0. The molecule has 0 bridgehead atoms. The van der Waals surface area contributed by atoms with Crippen LogP contribution in [0.4, 0.5) is 0 Å². The summed E-state index contributed by atoms with van der Waals surface area (Å²) in [5.41, 5.74) is 0.810. The molecule has 1 aromatic rings. The predicted octanol–water partition coefficient (Wildman–Crippen LogP) is 0.169. The van der Waals surface area contributed by atoms with Crippen molar-refractivity contribution in [1.29, 1.82) is 0 Å². The zero-order chi connectivity index (χ0) is 9.03. The first-order valence-corrected chi connectivity index (χ1v) is 4.98. The van der Waals surface area contributed by atoms with Gasteiger partial charge in [-0.05, 0) is 24.1 Å². The Labute approximate surface area is 71.0 Å². The molecule has 0 amide bonds. The SMILES string of the molecule is O=S(=O)([O-])CCc1ccncc1. The zero-order valence-corrected chi connectivity index (χ0v) is 7.12. The van der Waals surface area contributed by atoms with E-state index in [1.54, 1.807) is 24.5 Å².